The first-order chi connectivity index (χ1) is 6.11. The second-order valence-corrected chi connectivity index (χ2v) is 4.24. The van der Waals surface area contributed by atoms with E-state index in [1.165, 1.54) is 19.4 Å². The summed E-state index contributed by atoms with van der Waals surface area (Å²) >= 11 is 0. The average molecular weight is 186 g/mol. The van der Waals surface area contributed by atoms with Crippen molar-refractivity contribution in [3.8, 4) is 0 Å². The lowest BCUT2D eigenvalue weighted by molar-refractivity contribution is 0.170. The van der Waals surface area contributed by atoms with E-state index in [-0.39, 0.29) is 0 Å². The molecule has 0 bridgehead atoms. The molecule has 0 aliphatic carbocycles. The van der Waals surface area contributed by atoms with Gasteiger partial charge in [-0.25, -0.2) is 0 Å². The highest BCUT2D eigenvalue weighted by Gasteiger charge is 2.22. The fourth-order valence-electron chi connectivity index (χ4n) is 1.53. The molecule has 0 rings (SSSR count). The molecule has 13 heavy (non-hydrogen) atoms. The maximum absolute atomic E-state index is 5.79. The molecule has 80 valence electrons. The minimum Gasteiger partial charge on any atom is -0.330 e. The fraction of sp³-hybridized carbons (Fsp3) is 1.00. The summed E-state index contributed by atoms with van der Waals surface area (Å²) in [5, 5.41) is 0. The van der Waals surface area contributed by atoms with Gasteiger partial charge in [0.05, 0.1) is 0 Å². The van der Waals surface area contributed by atoms with Crippen LogP contribution < -0.4 is 5.73 Å². The van der Waals surface area contributed by atoms with Crippen LogP contribution in [0.15, 0.2) is 0 Å². The zero-order valence-electron chi connectivity index (χ0n) is 9.77. The molecule has 0 aliphatic heterocycles. The van der Waals surface area contributed by atoms with Crippen LogP contribution in [0, 0.1) is 5.41 Å². The van der Waals surface area contributed by atoms with Gasteiger partial charge in [-0.3, -0.25) is 0 Å². The van der Waals surface area contributed by atoms with Gasteiger partial charge in [-0.2, -0.15) is 0 Å². The summed E-state index contributed by atoms with van der Waals surface area (Å²) in [7, 11) is 0. The van der Waals surface area contributed by atoms with E-state index in [1.54, 1.807) is 0 Å². The van der Waals surface area contributed by atoms with Gasteiger partial charge in [-0.05, 0) is 37.9 Å². The second-order valence-electron chi connectivity index (χ2n) is 4.24. The zero-order chi connectivity index (χ0) is 10.3. The molecule has 0 aromatic rings. The van der Waals surface area contributed by atoms with E-state index >= 15 is 0 Å². The van der Waals surface area contributed by atoms with Crippen LogP contribution in [0.1, 0.15) is 40.5 Å². The maximum Gasteiger partial charge on any atom is 0.00472 e. The fourth-order valence-corrected chi connectivity index (χ4v) is 1.53. The third kappa shape index (κ3) is 4.63. The van der Waals surface area contributed by atoms with Crippen LogP contribution in [-0.2, 0) is 0 Å². The van der Waals surface area contributed by atoms with Crippen LogP contribution in [0.5, 0.6) is 0 Å². The Hall–Kier alpha value is -0.0800. The highest BCUT2D eigenvalue weighted by molar-refractivity contribution is 4.77. The quantitative estimate of drug-likeness (QED) is 0.659. The molecule has 0 heterocycles. The second kappa shape index (κ2) is 6.39. The number of nitrogens with zero attached hydrogens (tertiary/aromatic N) is 1. The first-order valence-electron chi connectivity index (χ1n) is 5.54. The average Bonchev–Trinajstić information content (AvgIpc) is 2.17. The van der Waals surface area contributed by atoms with Gasteiger partial charge >= 0.3 is 0 Å². The monoisotopic (exact) mass is 186 g/mol. The summed E-state index contributed by atoms with van der Waals surface area (Å²) in [5.41, 5.74) is 6.10. The Labute approximate surface area is 83.5 Å². The molecular formula is C11H26N2. The topological polar surface area (TPSA) is 29.3 Å². The van der Waals surface area contributed by atoms with Crippen LogP contribution in [0.3, 0.4) is 0 Å². The van der Waals surface area contributed by atoms with Crippen LogP contribution in [-0.4, -0.2) is 31.1 Å². The van der Waals surface area contributed by atoms with Crippen LogP contribution in [0.4, 0.5) is 0 Å². The summed E-state index contributed by atoms with van der Waals surface area (Å²) in [6, 6.07) is 0. The number of nitrogens with two attached hydrogens (primary N) is 1. The Kier molecular flexibility index (Phi) is 6.35. The molecule has 2 N–H and O–H groups in total. The SMILES string of the molecule is CCCN(CC)CC(C)(CC)CN. The van der Waals surface area contributed by atoms with E-state index in [2.05, 4.69) is 32.6 Å². The minimum absolute atomic E-state index is 0.311. The van der Waals surface area contributed by atoms with E-state index in [0.29, 0.717) is 5.41 Å². The van der Waals surface area contributed by atoms with Gasteiger partial charge in [0, 0.05) is 6.54 Å². The van der Waals surface area contributed by atoms with E-state index in [9.17, 15) is 0 Å². The Morgan fingerprint density at radius 1 is 1.23 bits per heavy atom. The van der Waals surface area contributed by atoms with Gasteiger partial charge in [-0.1, -0.05) is 27.7 Å². The molecule has 0 spiro atoms. The highest BCUT2D eigenvalue weighted by atomic mass is 15.1. The smallest absolute Gasteiger partial charge is 0.00472 e. The summed E-state index contributed by atoms with van der Waals surface area (Å²) < 4.78 is 0. The summed E-state index contributed by atoms with van der Waals surface area (Å²) in [6.45, 7) is 13.2. The van der Waals surface area contributed by atoms with Crippen molar-refractivity contribution in [2.24, 2.45) is 11.1 Å². The summed E-state index contributed by atoms with van der Waals surface area (Å²) in [4.78, 5) is 2.50. The molecule has 0 aromatic carbocycles. The van der Waals surface area contributed by atoms with Crippen LogP contribution in [0.2, 0.25) is 0 Å². The van der Waals surface area contributed by atoms with Gasteiger partial charge in [0.25, 0.3) is 0 Å². The molecule has 0 fully saturated rings. The molecule has 1 unspecified atom stereocenters. The first kappa shape index (κ1) is 12.9. The van der Waals surface area contributed by atoms with Crippen molar-refractivity contribution >= 4 is 0 Å². The largest absolute Gasteiger partial charge is 0.330 e. The molecule has 1 atom stereocenters. The van der Waals surface area contributed by atoms with Crippen molar-refractivity contribution in [1.82, 2.24) is 4.90 Å². The molecule has 0 aliphatic rings. The lowest BCUT2D eigenvalue weighted by atomic mass is 9.87. The molecule has 0 amide bonds. The minimum atomic E-state index is 0.311. The lowest BCUT2D eigenvalue weighted by Gasteiger charge is -2.33. The normalized spacial score (nSPS) is 16.2. The van der Waals surface area contributed by atoms with Gasteiger partial charge in [0.15, 0.2) is 0 Å². The predicted octanol–water partition coefficient (Wildman–Crippen LogP) is 2.09. The van der Waals surface area contributed by atoms with Gasteiger partial charge < -0.3 is 10.6 Å². The maximum atomic E-state index is 5.79. The van der Waals surface area contributed by atoms with Crippen molar-refractivity contribution in [3.05, 3.63) is 0 Å². The van der Waals surface area contributed by atoms with Crippen molar-refractivity contribution in [2.45, 2.75) is 40.5 Å². The molecular weight excluding hydrogens is 160 g/mol. The summed E-state index contributed by atoms with van der Waals surface area (Å²) in [6.07, 6.45) is 2.40. The molecule has 2 heteroatoms. The molecule has 0 saturated heterocycles. The van der Waals surface area contributed by atoms with Gasteiger partial charge in [0.2, 0.25) is 0 Å². The van der Waals surface area contributed by atoms with Crippen molar-refractivity contribution in [1.29, 1.82) is 0 Å². The predicted molar refractivity (Wildman–Crippen MR) is 59.9 cm³/mol. The molecule has 2 nitrogen and oxygen atoms in total. The molecule has 0 radical (unpaired) electrons. The summed E-state index contributed by atoms with van der Waals surface area (Å²) in [5.74, 6) is 0. The third-order valence-electron chi connectivity index (χ3n) is 2.94. The van der Waals surface area contributed by atoms with E-state index in [1.807, 2.05) is 0 Å². The highest BCUT2D eigenvalue weighted by Crippen LogP contribution is 2.20. The number of hydrogen-bond donors (Lipinski definition) is 1. The lowest BCUT2D eigenvalue weighted by Crippen LogP contribution is -2.40. The zero-order valence-corrected chi connectivity index (χ0v) is 9.77. The Balaban J connectivity index is 4.02. The first-order valence-corrected chi connectivity index (χ1v) is 5.54. The van der Waals surface area contributed by atoms with Crippen molar-refractivity contribution in [3.63, 3.8) is 0 Å². The Morgan fingerprint density at radius 3 is 2.15 bits per heavy atom. The van der Waals surface area contributed by atoms with E-state index < -0.39 is 0 Å². The Bertz CT molecular complexity index is 119. The van der Waals surface area contributed by atoms with Gasteiger partial charge in [-0.15, -0.1) is 0 Å². The van der Waals surface area contributed by atoms with Crippen LogP contribution in [0.25, 0.3) is 0 Å². The van der Waals surface area contributed by atoms with E-state index in [0.717, 1.165) is 19.6 Å². The number of rotatable bonds is 7. The number of hydrogen-bond acceptors (Lipinski definition) is 2. The Morgan fingerprint density at radius 2 is 1.85 bits per heavy atom. The van der Waals surface area contributed by atoms with Crippen LogP contribution >= 0.6 is 0 Å². The molecule has 0 aromatic heterocycles. The standard InChI is InChI=1S/C11H26N2/c1-5-8-13(7-3)10-11(4,6-2)9-12/h5-10,12H2,1-4H3. The van der Waals surface area contributed by atoms with Crippen molar-refractivity contribution < 1.29 is 0 Å². The van der Waals surface area contributed by atoms with E-state index in [4.69, 9.17) is 5.73 Å². The van der Waals surface area contributed by atoms with Crippen molar-refractivity contribution in [2.75, 3.05) is 26.2 Å². The molecule has 0 saturated carbocycles. The third-order valence-corrected chi connectivity index (χ3v) is 2.94. The van der Waals surface area contributed by atoms with Gasteiger partial charge in [0.1, 0.15) is 0 Å².